The molecule has 2 heterocycles. The van der Waals surface area contributed by atoms with E-state index in [1.807, 2.05) is 0 Å². The van der Waals surface area contributed by atoms with Gasteiger partial charge in [-0.2, -0.15) is 0 Å². The maximum atomic E-state index is 14.7. The van der Waals surface area contributed by atoms with Crippen LogP contribution >= 0.6 is 0 Å². The summed E-state index contributed by atoms with van der Waals surface area (Å²) >= 11 is 0. The van der Waals surface area contributed by atoms with Gasteiger partial charge in [0.1, 0.15) is 23.1 Å². The maximum absolute atomic E-state index is 14.7. The van der Waals surface area contributed by atoms with Crippen LogP contribution in [-0.2, 0) is 6.54 Å². The molecule has 2 aliphatic rings. The van der Waals surface area contributed by atoms with Gasteiger partial charge >= 0.3 is 0 Å². The maximum Gasteiger partial charge on any atom is 0.169 e. The first-order chi connectivity index (χ1) is 15.9. The second kappa shape index (κ2) is 8.12. The van der Waals surface area contributed by atoms with Crippen LogP contribution in [0.5, 0.6) is 0 Å². The van der Waals surface area contributed by atoms with Crippen molar-refractivity contribution in [3.63, 3.8) is 0 Å². The first-order valence-electron chi connectivity index (χ1n) is 9.91. The van der Waals surface area contributed by atoms with Gasteiger partial charge in [0.25, 0.3) is 0 Å². The highest BCUT2D eigenvalue weighted by Crippen LogP contribution is 2.29. The molecule has 0 saturated carbocycles. The van der Waals surface area contributed by atoms with Gasteiger partial charge in [0.15, 0.2) is 17.5 Å². The van der Waals surface area contributed by atoms with Gasteiger partial charge < -0.3 is 4.57 Å². The lowest BCUT2D eigenvalue weighted by Crippen LogP contribution is -2.02. The summed E-state index contributed by atoms with van der Waals surface area (Å²) in [5.41, 5.74) is 1.52. The number of hydrogen-bond acceptors (Lipinski definition) is 2. The van der Waals surface area contributed by atoms with Crippen molar-refractivity contribution in [2.24, 2.45) is 0 Å². The van der Waals surface area contributed by atoms with Gasteiger partial charge in [-0.25, -0.2) is 31.9 Å². The zero-order valence-corrected chi connectivity index (χ0v) is 16.9. The third kappa shape index (κ3) is 3.95. The Hall–Kier alpha value is -4.07. The summed E-state index contributed by atoms with van der Waals surface area (Å²) in [7, 11) is 0. The van der Waals surface area contributed by atoms with Crippen LogP contribution in [0.4, 0.5) is 22.0 Å². The molecule has 0 radical (unpaired) electrons. The van der Waals surface area contributed by atoms with Crippen LogP contribution < -0.4 is 0 Å². The zero-order valence-electron chi connectivity index (χ0n) is 16.9. The molecule has 3 aromatic rings. The summed E-state index contributed by atoms with van der Waals surface area (Å²) in [6, 6.07) is 12.8. The molecule has 0 bridgehead atoms. The molecule has 5 rings (SSSR count). The number of fused-ring (bicyclic) bond motifs is 1. The summed E-state index contributed by atoms with van der Waals surface area (Å²) in [6.45, 7) is 0.273. The lowest BCUT2D eigenvalue weighted by molar-refractivity contribution is 0.510. The van der Waals surface area contributed by atoms with E-state index in [4.69, 9.17) is 0 Å². The standard InChI is InChI=1S/C25H14F5N3/c26-15-5-7-17(21(29)11-15)16-6-4-14(10-20(16)28)12-33-9-8-22-23(13-33)32-25(31-22)18-2-1-3-19(27)24(18)30/h1-11,13H,12H2. The minimum absolute atomic E-state index is 0.0281. The Bertz CT molecular complexity index is 1460. The Balaban J connectivity index is 1.43. The normalized spacial score (nSPS) is 11.3. The van der Waals surface area contributed by atoms with Gasteiger partial charge in [-0.05, 0) is 42.0 Å². The fourth-order valence-corrected chi connectivity index (χ4v) is 3.64. The fourth-order valence-electron chi connectivity index (χ4n) is 3.64. The average molecular weight is 451 g/mol. The fraction of sp³-hybridized carbons (Fsp3) is 0.0400. The van der Waals surface area contributed by atoms with Crippen LogP contribution in [-0.4, -0.2) is 14.5 Å². The highest BCUT2D eigenvalue weighted by molar-refractivity contribution is 5.67. The molecule has 0 aliphatic carbocycles. The molecule has 0 aromatic heterocycles. The van der Waals surface area contributed by atoms with Gasteiger partial charge in [0.05, 0.1) is 11.3 Å². The van der Waals surface area contributed by atoms with Crippen LogP contribution in [0.1, 0.15) is 5.56 Å². The van der Waals surface area contributed by atoms with Crippen molar-refractivity contribution in [1.29, 1.82) is 0 Å². The summed E-state index contributed by atoms with van der Waals surface area (Å²) in [6.07, 6.45) is 3.36. The van der Waals surface area contributed by atoms with Crippen molar-refractivity contribution >= 4 is 0 Å². The summed E-state index contributed by atoms with van der Waals surface area (Å²) in [4.78, 5) is 8.54. The summed E-state index contributed by atoms with van der Waals surface area (Å²) in [5, 5.41) is 0. The van der Waals surface area contributed by atoms with Crippen LogP contribution in [0, 0.1) is 29.1 Å². The number of benzene rings is 3. The third-order valence-corrected chi connectivity index (χ3v) is 5.24. The average Bonchev–Trinajstić information content (AvgIpc) is 3.19. The third-order valence-electron chi connectivity index (χ3n) is 5.24. The molecule has 0 unspecified atom stereocenters. The molecule has 3 aromatic carbocycles. The van der Waals surface area contributed by atoms with Crippen LogP contribution in [0.25, 0.3) is 33.9 Å². The SMILES string of the molecule is Fc1ccc(-c2ccc(Cn3ccc4nc(-c5cccc(F)c5F)nc-4c3)cc2F)c(F)c1. The molecule has 0 fully saturated rings. The minimum atomic E-state index is -1.02. The number of aromatic nitrogens is 3. The topological polar surface area (TPSA) is 30.7 Å². The Morgan fingerprint density at radius 1 is 0.667 bits per heavy atom. The van der Waals surface area contributed by atoms with E-state index in [0.29, 0.717) is 23.0 Å². The van der Waals surface area contributed by atoms with Crippen LogP contribution in [0.15, 0.2) is 73.1 Å². The second-order valence-electron chi connectivity index (χ2n) is 7.47. The monoisotopic (exact) mass is 451 g/mol. The molecule has 2 aliphatic heterocycles. The van der Waals surface area contributed by atoms with Gasteiger partial charge in [-0.1, -0.05) is 18.2 Å². The van der Waals surface area contributed by atoms with Crippen molar-refractivity contribution < 1.29 is 22.0 Å². The lowest BCUT2D eigenvalue weighted by Gasteiger charge is -2.10. The smallest absolute Gasteiger partial charge is 0.169 e. The Kier molecular flexibility index (Phi) is 5.12. The molecule has 164 valence electrons. The highest BCUT2D eigenvalue weighted by atomic mass is 19.2. The molecule has 3 nitrogen and oxygen atoms in total. The Morgan fingerprint density at radius 3 is 2.15 bits per heavy atom. The van der Waals surface area contributed by atoms with E-state index in [-0.39, 0.29) is 29.1 Å². The molecule has 8 heteroatoms. The number of pyridine rings is 1. The van der Waals surface area contributed by atoms with E-state index in [0.717, 1.165) is 12.1 Å². The molecular weight excluding hydrogens is 437 g/mol. The van der Waals surface area contributed by atoms with Gasteiger partial charge in [-0.3, -0.25) is 0 Å². The quantitative estimate of drug-likeness (QED) is 0.294. The Labute approximate surface area is 185 Å². The van der Waals surface area contributed by atoms with Crippen molar-refractivity contribution in [3.05, 3.63) is 108 Å². The number of imidazole rings is 1. The van der Waals surface area contributed by atoms with E-state index in [9.17, 15) is 22.0 Å². The summed E-state index contributed by atoms with van der Waals surface area (Å²) < 4.78 is 71.2. The molecule has 33 heavy (non-hydrogen) atoms. The van der Waals surface area contributed by atoms with Crippen molar-refractivity contribution in [2.75, 3.05) is 0 Å². The van der Waals surface area contributed by atoms with E-state index in [2.05, 4.69) is 9.97 Å². The molecule has 0 atom stereocenters. The first-order valence-corrected chi connectivity index (χ1v) is 9.91. The number of hydrogen-bond donors (Lipinski definition) is 0. The molecule has 0 amide bonds. The van der Waals surface area contributed by atoms with E-state index >= 15 is 0 Å². The minimum Gasteiger partial charge on any atom is -0.348 e. The molecule has 0 N–H and O–H groups in total. The first kappa shape index (κ1) is 20.8. The van der Waals surface area contributed by atoms with Crippen LogP contribution in [0.3, 0.4) is 0 Å². The molecule has 0 saturated heterocycles. The van der Waals surface area contributed by atoms with Crippen molar-refractivity contribution in [2.45, 2.75) is 6.54 Å². The van der Waals surface area contributed by atoms with Gasteiger partial charge in [-0.15, -0.1) is 0 Å². The summed E-state index contributed by atoms with van der Waals surface area (Å²) in [5.74, 6) is -4.16. The number of nitrogens with zero attached hydrogens (tertiary/aromatic N) is 3. The predicted octanol–water partition coefficient (Wildman–Crippen LogP) is 6.46. The molecular formula is C25H14F5N3. The van der Waals surface area contributed by atoms with Gasteiger partial charge in [0, 0.05) is 36.1 Å². The predicted molar refractivity (Wildman–Crippen MR) is 113 cm³/mol. The highest BCUT2D eigenvalue weighted by Gasteiger charge is 2.18. The van der Waals surface area contributed by atoms with E-state index < -0.39 is 29.1 Å². The molecule has 0 spiro atoms. The number of rotatable bonds is 4. The number of halogens is 5. The van der Waals surface area contributed by atoms with Crippen LogP contribution in [0.2, 0.25) is 0 Å². The second-order valence-corrected chi connectivity index (χ2v) is 7.47. The lowest BCUT2D eigenvalue weighted by atomic mass is 10.0. The van der Waals surface area contributed by atoms with Crippen molar-refractivity contribution in [1.82, 2.24) is 14.5 Å². The van der Waals surface area contributed by atoms with E-state index in [1.54, 1.807) is 29.1 Å². The Morgan fingerprint density at radius 2 is 1.39 bits per heavy atom. The zero-order chi connectivity index (χ0) is 23.1. The van der Waals surface area contributed by atoms with Gasteiger partial charge in [0.2, 0.25) is 0 Å². The largest absolute Gasteiger partial charge is 0.348 e. The van der Waals surface area contributed by atoms with Crippen molar-refractivity contribution in [3.8, 4) is 33.9 Å². The van der Waals surface area contributed by atoms with E-state index in [1.165, 1.54) is 30.3 Å².